The molecular formula is C18H15NO3S. The van der Waals surface area contributed by atoms with Gasteiger partial charge in [-0.15, -0.1) is 11.3 Å². The Morgan fingerprint density at radius 1 is 1.09 bits per heavy atom. The second kappa shape index (κ2) is 6.62. The number of hydrogen-bond acceptors (Lipinski definition) is 4. The first-order valence-electron chi connectivity index (χ1n) is 7.22. The van der Waals surface area contributed by atoms with Crippen LogP contribution in [0.25, 0.3) is 10.1 Å². The minimum Gasteiger partial charge on any atom is -0.508 e. The van der Waals surface area contributed by atoms with Gasteiger partial charge >= 0.3 is 0 Å². The minimum atomic E-state index is -0.603. The van der Waals surface area contributed by atoms with Gasteiger partial charge in [-0.1, -0.05) is 30.3 Å². The van der Waals surface area contributed by atoms with Gasteiger partial charge in [0.05, 0.1) is 0 Å². The van der Waals surface area contributed by atoms with E-state index in [1.807, 2.05) is 30.3 Å². The molecule has 0 saturated heterocycles. The van der Waals surface area contributed by atoms with Crippen LogP contribution in [0.5, 0.6) is 5.75 Å². The molecule has 0 radical (unpaired) electrons. The van der Waals surface area contributed by atoms with Gasteiger partial charge < -0.3 is 10.4 Å². The van der Waals surface area contributed by atoms with Crippen LogP contribution < -0.4 is 5.32 Å². The molecule has 1 amide bonds. The fourth-order valence-corrected chi connectivity index (χ4v) is 3.33. The Kier molecular flexibility index (Phi) is 4.39. The van der Waals surface area contributed by atoms with Crippen molar-refractivity contribution in [3.8, 4) is 5.75 Å². The third-order valence-electron chi connectivity index (χ3n) is 3.54. The molecule has 2 aromatic carbocycles. The summed E-state index contributed by atoms with van der Waals surface area (Å²) in [5.74, 6) is -0.929. The second-order valence-corrected chi connectivity index (χ2v) is 6.06. The van der Waals surface area contributed by atoms with Crippen molar-refractivity contribution in [1.29, 1.82) is 0 Å². The molecule has 0 atom stereocenters. The number of nitrogens with one attached hydrogen (secondary N) is 1. The Morgan fingerprint density at radius 2 is 1.91 bits per heavy atom. The zero-order chi connectivity index (χ0) is 16.2. The van der Waals surface area contributed by atoms with Gasteiger partial charge in [0.25, 0.3) is 11.7 Å². The summed E-state index contributed by atoms with van der Waals surface area (Å²) in [7, 11) is 0. The maximum absolute atomic E-state index is 12.3. The van der Waals surface area contributed by atoms with Crippen molar-refractivity contribution in [2.45, 2.75) is 6.42 Å². The summed E-state index contributed by atoms with van der Waals surface area (Å²) < 4.78 is 0.989. The van der Waals surface area contributed by atoms with Crippen molar-refractivity contribution in [3.05, 3.63) is 65.0 Å². The molecule has 23 heavy (non-hydrogen) atoms. The molecule has 0 bridgehead atoms. The molecule has 1 heterocycles. The average Bonchev–Trinajstić information content (AvgIpc) is 2.98. The topological polar surface area (TPSA) is 66.4 Å². The van der Waals surface area contributed by atoms with Crippen molar-refractivity contribution >= 4 is 33.1 Å². The lowest BCUT2D eigenvalue weighted by atomic mass is 10.1. The lowest BCUT2D eigenvalue weighted by molar-refractivity contribution is -0.116. The zero-order valence-corrected chi connectivity index (χ0v) is 13.1. The van der Waals surface area contributed by atoms with Gasteiger partial charge in [0.1, 0.15) is 5.75 Å². The van der Waals surface area contributed by atoms with Crippen LogP contribution in [-0.4, -0.2) is 23.3 Å². The molecule has 3 rings (SSSR count). The molecule has 0 aliphatic carbocycles. The SMILES string of the molecule is O=C(NCCc1cccc(O)c1)C(=O)c1csc2ccccc12. The van der Waals surface area contributed by atoms with Crippen molar-refractivity contribution in [2.24, 2.45) is 0 Å². The molecule has 0 aliphatic heterocycles. The number of hydrogen-bond donors (Lipinski definition) is 2. The molecule has 0 spiro atoms. The minimum absolute atomic E-state index is 0.189. The van der Waals surface area contributed by atoms with E-state index in [0.717, 1.165) is 15.6 Å². The summed E-state index contributed by atoms with van der Waals surface area (Å²) in [6, 6.07) is 14.4. The first kappa shape index (κ1) is 15.2. The molecule has 116 valence electrons. The van der Waals surface area contributed by atoms with Crippen LogP contribution in [0.4, 0.5) is 0 Å². The van der Waals surface area contributed by atoms with Crippen LogP contribution in [0.3, 0.4) is 0 Å². The summed E-state index contributed by atoms with van der Waals surface area (Å²) in [5, 5.41) is 14.6. The van der Waals surface area contributed by atoms with Crippen LogP contribution in [0, 0.1) is 0 Å². The van der Waals surface area contributed by atoms with Crippen LogP contribution in [0.2, 0.25) is 0 Å². The normalized spacial score (nSPS) is 10.6. The second-order valence-electron chi connectivity index (χ2n) is 5.15. The number of phenolic OH excluding ortho intramolecular Hbond substituents is 1. The smallest absolute Gasteiger partial charge is 0.292 e. The first-order chi connectivity index (χ1) is 11.1. The van der Waals surface area contributed by atoms with Gasteiger partial charge in [-0.05, 0) is 30.2 Å². The number of carbonyl (C=O) groups is 2. The Balaban J connectivity index is 1.63. The van der Waals surface area contributed by atoms with Crippen LogP contribution in [0.1, 0.15) is 15.9 Å². The Hall–Kier alpha value is -2.66. The lowest BCUT2D eigenvalue weighted by Crippen LogP contribution is -2.32. The third kappa shape index (κ3) is 3.40. The number of benzene rings is 2. The molecule has 2 N–H and O–H groups in total. The summed E-state index contributed by atoms with van der Waals surface area (Å²) >= 11 is 1.45. The number of amides is 1. The molecular weight excluding hydrogens is 310 g/mol. The van der Waals surface area contributed by atoms with Crippen LogP contribution >= 0.6 is 11.3 Å². The van der Waals surface area contributed by atoms with Gasteiger partial charge in [-0.25, -0.2) is 0 Å². The maximum atomic E-state index is 12.3. The van der Waals surface area contributed by atoms with Gasteiger partial charge in [0, 0.05) is 27.6 Å². The highest BCUT2D eigenvalue weighted by Gasteiger charge is 2.19. The first-order valence-corrected chi connectivity index (χ1v) is 8.10. The summed E-state index contributed by atoms with van der Waals surface area (Å²) in [6.45, 7) is 0.343. The van der Waals surface area contributed by atoms with Gasteiger partial charge in [0.2, 0.25) is 0 Å². The van der Waals surface area contributed by atoms with Crippen molar-refractivity contribution < 1.29 is 14.7 Å². The molecule has 4 nitrogen and oxygen atoms in total. The molecule has 0 unspecified atom stereocenters. The zero-order valence-electron chi connectivity index (χ0n) is 12.3. The van der Waals surface area contributed by atoms with Crippen molar-refractivity contribution in [2.75, 3.05) is 6.54 Å². The fraction of sp³-hybridized carbons (Fsp3) is 0.111. The number of ketones is 1. The molecule has 0 fully saturated rings. The van der Waals surface area contributed by atoms with Crippen molar-refractivity contribution in [3.63, 3.8) is 0 Å². The van der Waals surface area contributed by atoms with E-state index in [-0.39, 0.29) is 5.75 Å². The quantitative estimate of drug-likeness (QED) is 0.559. The Morgan fingerprint density at radius 3 is 2.74 bits per heavy atom. The number of aromatic hydroxyl groups is 1. The highest BCUT2D eigenvalue weighted by Crippen LogP contribution is 2.25. The van der Waals surface area contributed by atoms with Crippen LogP contribution in [0.15, 0.2) is 53.9 Å². The molecule has 0 saturated carbocycles. The van der Waals surface area contributed by atoms with Gasteiger partial charge in [-0.3, -0.25) is 9.59 Å². The van der Waals surface area contributed by atoms with E-state index in [0.29, 0.717) is 18.5 Å². The monoisotopic (exact) mass is 325 g/mol. The van der Waals surface area contributed by atoms with E-state index in [2.05, 4.69) is 5.32 Å². The van der Waals surface area contributed by atoms with Gasteiger partial charge in [0.15, 0.2) is 0 Å². The van der Waals surface area contributed by atoms with E-state index in [1.54, 1.807) is 23.6 Å². The van der Waals surface area contributed by atoms with E-state index in [1.165, 1.54) is 11.3 Å². The maximum Gasteiger partial charge on any atom is 0.292 e. The fourth-order valence-electron chi connectivity index (χ4n) is 2.39. The van der Waals surface area contributed by atoms with E-state index < -0.39 is 11.7 Å². The highest BCUT2D eigenvalue weighted by molar-refractivity contribution is 7.17. The van der Waals surface area contributed by atoms with Crippen LogP contribution in [-0.2, 0) is 11.2 Å². The summed E-state index contributed by atoms with van der Waals surface area (Å²) in [4.78, 5) is 24.3. The van der Waals surface area contributed by atoms with Gasteiger partial charge in [-0.2, -0.15) is 0 Å². The number of rotatable bonds is 5. The largest absolute Gasteiger partial charge is 0.508 e. The highest BCUT2D eigenvalue weighted by atomic mass is 32.1. The van der Waals surface area contributed by atoms with Crippen molar-refractivity contribution in [1.82, 2.24) is 5.32 Å². The summed E-state index contributed by atoms with van der Waals surface area (Å²) in [5.41, 5.74) is 1.35. The number of Topliss-reactive ketones (excluding diaryl/α,β-unsaturated/α-hetero) is 1. The predicted molar refractivity (Wildman–Crippen MR) is 91.0 cm³/mol. The van der Waals surface area contributed by atoms with E-state index >= 15 is 0 Å². The number of carbonyl (C=O) groups excluding carboxylic acids is 2. The molecule has 5 heteroatoms. The number of phenols is 1. The van der Waals surface area contributed by atoms with E-state index in [9.17, 15) is 14.7 Å². The molecule has 0 aliphatic rings. The molecule has 3 aromatic rings. The number of thiophene rings is 1. The van der Waals surface area contributed by atoms with E-state index in [4.69, 9.17) is 0 Å². The predicted octanol–water partition coefficient (Wildman–Crippen LogP) is 3.15. The summed E-state index contributed by atoms with van der Waals surface area (Å²) in [6.07, 6.45) is 0.553. The average molecular weight is 325 g/mol. The standard InChI is InChI=1S/C18H15NO3S/c20-13-5-3-4-12(10-13)8-9-19-18(22)17(21)15-11-23-16-7-2-1-6-14(15)16/h1-7,10-11,20H,8-9H2,(H,19,22). The lowest BCUT2D eigenvalue weighted by Gasteiger charge is -2.05. The molecule has 1 aromatic heterocycles. The Bertz CT molecular complexity index is 869. The Labute approximate surface area is 137 Å². The third-order valence-corrected chi connectivity index (χ3v) is 4.51. The number of fused-ring (bicyclic) bond motifs is 1.